The molecular formula is C12H16N4OS. The lowest BCUT2D eigenvalue weighted by atomic mass is 10.4. The minimum atomic E-state index is 0.510. The number of nitrogens with zero attached hydrogens (tertiary/aromatic N) is 2. The molecule has 0 spiro atoms. The predicted octanol–water partition coefficient (Wildman–Crippen LogP) is 1.99. The van der Waals surface area contributed by atoms with Crippen molar-refractivity contribution in [3.8, 4) is 0 Å². The van der Waals surface area contributed by atoms with Gasteiger partial charge in [0.1, 0.15) is 12.0 Å². The Bertz CT molecular complexity index is 464. The van der Waals surface area contributed by atoms with Crippen LogP contribution in [0.25, 0.3) is 0 Å². The molecule has 96 valence electrons. The quantitative estimate of drug-likeness (QED) is 0.640. The Balaban J connectivity index is 1.88. The van der Waals surface area contributed by atoms with Crippen molar-refractivity contribution in [2.75, 3.05) is 6.54 Å². The fourth-order valence-electron chi connectivity index (χ4n) is 1.40. The third-order valence-electron chi connectivity index (χ3n) is 2.24. The molecule has 0 unspecified atom stereocenters. The third kappa shape index (κ3) is 3.89. The molecule has 0 aliphatic rings. The average Bonchev–Trinajstić information content (AvgIpc) is 3.05. The number of hydrogen-bond donors (Lipinski definition) is 2. The fraction of sp³-hybridized carbons (Fsp3) is 0.333. The molecular weight excluding hydrogens is 248 g/mol. The second-order valence-electron chi connectivity index (χ2n) is 3.62. The van der Waals surface area contributed by atoms with Gasteiger partial charge in [0.05, 0.1) is 13.1 Å². The summed E-state index contributed by atoms with van der Waals surface area (Å²) >= 11 is 1.73. The first-order valence-electron chi connectivity index (χ1n) is 5.82. The summed E-state index contributed by atoms with van der Waals surface area (Å²) in [6.07, 6.45) is 1.55. The predicted molar refractivity (Wildman–Crippen MR) is 72.5 cm³/mol. The van der Waals surface area contributed by atoms with Crippen molar-refractivity contribution < 1.29 is 4.52 Å². The maximum absolute atomic E-state index is 4.77. The van der Waals surface area contributed by atoms with Gasteiger partial charge >= 0.3 is 0 Å². The highest BCUT2D eigenvalue weighted by atomic mass is 32.1. The molecule has 0 bridgehead atoms. The number of rotatable bonds is 5. The van der Waals surface area contributed by atoms with E-state index < -0.39 is 0 Å². The zero-order chi connectivity index (χ0) is 12.6. The van der Waals surface area contributed by atoms with Gasteiger partial charge in [-0.2, -0.15) is 0 Å². The normalized spacial score (nSPS) is 11.5. The number of hydrogen-bond acceptors (Lipinski definition) is 4. The van der Waals surface area contributed by atoms with Crippen LogP contribution in [0.15, 0.2) is 39.4 Å². The summed E-state index contributed by atoms with van der Waals surface area (Å²) in [5, 5.41) is 12.4. The minimum Gasteiger partial charge on any atom is -0.364 e. The Morgan fingerprint density at radius 2 is 2.39 bits per heavy atom. The highest BCUT2D eigenvalue weighted by molar-refractivity contribution is 7.09. The van der Waals surface area contributed by atoms with E-state index in [1.54, 1.807) is 17.6 Å². The number of nitrogens with one attached hydrogen (secondary N) is 2. The highest BCUT2D eigenvalue weighted by Crippen LogP contribution is 2.07. The van der Waals surface area contributed by atoms with Crippen LogP contribution in [0, 0.1) is 0 Å². The van der Waals surface area contributed by atoms with Gasteiger partial charge in [0.15, 0.2) is 5.96 Å². The Kier molecular flexibility index (Phi) is 4.78. The molecule has 2 aromatic heterocycles. The zero-order valence-electron chi connectivity index (χ0n) is 10.2. The van der Waals surface area contributed by atoms with Crippen molar-refractivity contribution in [3.63, 3.8) is 0 Å². The molecule has 0 saturated heterocycles. The van der Waals surface area contributed by atoms with Crippen LogP contribution < -0.4 is 10.6 Å². The van der Waals surface area contributed by atoms with E-state index in [1.165, 1.54) is 4.88 Å². The number of guanidine groups is 1. The topological polar surface area (TPSA) is 62.5 Å². The van der Waals surface area contributed by atoms with Crippen LogP contribution in [0.3, 0.4) is 0 Å². The van der Waals surface area contributed by atoms with Crippen molar-refractivity contribution >= 4 is 17.3 Å². The molecule has 2 N–H and O–H groups in total. The Labute approximate surface area is 110 Å². The molecule has 0 aromatic carbocycles. The van der Waals surface area contributed by atoms with E-state index in [-0.39, 0.29) is 0 Å². The van der Waals surface area contributed by atoms with Crippen LogP contribution in [0.5, 0.6) is 0 Å². The molecule has 6 heteroatoms. The average molecular weight is 264 g/mol. The molecule has 5 nitrogen and oxygen atoms in total. The lowest BCUT2D eigenvalue weighted by molar-refractivity contribution is 0.412. The Hall–Kier alpha value is -1.82. The second-order valence-corrected chi connectivity index (χ2v) is 4.65. The summed E-state index contributed by atoms with van der Waals surface area (Å²) in [5.74, 6) is 0.786. The molecule has 18 heavy (non-hydrogen) atoms. The molecule has 0 fully saturated rings. The molecule has 0 atom stereocenters. The summed E-state index contributed by atoms with van der Waals surface area (Å²) in [7, 11) is 0. The first-order valence-corrected chi connectivity index (χ1v) is 6.70. The molecule has 0 radical (unpaired) electrons. The molecule has 0 saturated carbocycles. The van der Waals surface area contributed by atoms with Crippen molar-refractivity contribution in [1.82, 2.24) is 15.8 Å². The van der Waals surface area contributed by atoms with Crippen LogP contribution in [-0.4, -0.2) is 17.7 Å². The highest BCUT2D eigenvalue weighted by Gasteiger charge is 2.00. The van der Waals surface area contributed by atoms with Crippen LogP contribution >= 0.6 is 11.3 Å². The summed E-state index contributed by atoms with van der Waals surface area (Å²) in [4.78, 5) is 5.71. The first kappa shape index (κ1) is 12.6. The zero-order valence-corrected chi connectivity index (χ0v) is 11.0. The van der Waals surface area contributed by atoms with E-state index >= 15 is 0 Å². The van der Waals surface area contributed by atoms with Crippen molar-refractivity contribution in [3.05, 3.63) is 40.4 Å². The van der Waals surface area contributed by atoms with Crippen LogP contribution in [0.1, 0.15) is 17.5 Å². The largest absolute Gasteiger partial charge is 0.364 e. The van der Waals surface area contributed by atoms with E-state index in [2.05, 4.69) is 32.2 Å². The van der Waals surface area contributed by atoms with Gasteiger partial charge in [-0.3, -0.25) is 0 Å². The smallest absolute Gasteiger partial charge is 0.191 e. The molecule has 2 rings (SSSR count). The van der Waals surface area contributed by atoms with Gasteiger partial charge < -0.3 is 15.2 Å². The molecule has 0 amide bonds. The molecule has 0 aliphatic heterocycles. The maximum atomic E-state index is 4.77. The van der Waals surface area contributed by atoms with Gasteiger partial charge in [-0.05, 0) is 18.4 Å². The van der Waals surface area contributed by atoms with Crippen molar-refractivity contribution in [2.45, 2.75) is 20.0 Å². The van der Waals surface area contributed by atoms with Gasteiger partial charge in [-0.15, -0.1) is 11.3 Å². The third-order valence-corrected chi connectivity index (χ3v) is 3.12. The summed E-state index contributed by atoms with van der Waals surface area (Å²) < 4.78 is 4.77. The van der Waals surface area contributed by atoms with E-state index in [0.29, 0.717) is 6.54 Å². The fourth-order valence-corrected chi connectivity index (χ4v) is 2.05. The monoisotopic (exact) mass is 264 g/mol. The van der Waals surface area contributed by atoms with E-state index in [1.807, 2.05) is 19.1 Å². The van der Waals surface area contributed by atoms with Crippen molar-refractivity contribution in [1.29, 1.82) is 0 Å². The van der Waals surface area contributed by atoms with Gasteiger partial charge in [-0.25, -0.2) is 4.99 Å². The summed E-state index contributed by atoms with van der Waals surface area (Å²) in [5.41, 5.74) is 0.823. The lowest BCUT2D eigenvalue weighted by Gasteiger charge is -2.09. The molecule has 2 heterocycles. The summed E-state index contributed by atoms with van der Waals surface area (Å²) in [6.45, 7) is 4.16. The van der Waals surface area contributed by atoms with E-state index in [0.717, 1.165) is 24.7 Å². The second kappa shape index (κ2) is 6.80. The van der Waals surface area contributed by atoms with Crippen LogP contribution in [0.4, 0.5) is 0 Å². The van der Waals surface area contributed by atoms with Crippen molar-refractivity contribution in [2.24, 2.45) is 4.99 Å². The summed E-state index contributed by atoms with van der Waals surface area (Å²) in [6, 6.07) is 5.95. The number of thiophene rings is 1. The van der Waals surface area contributed by atoms with Crippen LogP contribution in [0.2, 0.25) is 0 Å². The Morgan fingerprint density at radius 3 is 3.06 bits per heavy atom. The standard InChI is InChI=1S/C12H16N4OS/c1-2-13-12(14-8-10-5-6-17-16-10)15-9-11-4-3-7-18-11/h3-7H,2,8-9H2,1H3,(H2,13,14,15). The lowest BCUT2D eigenvalue weighted by Crippen LogP contribution is -2.36. The minimum absolute atomic E-state index is 0.510. The SMILES string of the molecule is CCNC(=NCc1ccon1)NCc1cccs1. The van der Waals surface area contributed by atoms with Gasteiger partial charge in [-0.1, -0.05) is 11.2 Å². The molecule has 2 aromatic rings. The maximum Gasteiger partial charge on any atom is 0.191 e. The van der Waals surface area contributed by atoms with E-state index in [4.69, 9.17) is 4.52 Å². The number of aliphatic imine (C=N–C) groups is 1. The van der Waals surface area contributed by atoms with Crippen LogP contribution in [-0.2, 0) is 13.1 Å². The Morgan fingerprint density at radius 1 is 1.44 bits per heavy atom. The van der Waals surface area contributed by atoms with Gasteiger partial charge in [0, 0.05) is 17.5 Å². The number of aromatic nitrogens is 1. The van der Waals surface area contributed by atoms with Gasteiger partial charge in [0.25, 0.3) is 0 Å². The van der Waals surface area contributed by atoms with E-state index in [9.17, 15) is 0 Å². The first-order chi connectivity index (χ1) is 8.88. The van der Waals surface area contributed by atoms with Gasteiger partial charge in [0.2, 0.25) is 0 Å². The molecule has 0 aliphatic carbocycles.